The molecular weight excluding hydrogens is 268 g/mol. The van der Waals surface area contributed by atoms with Gasteiger partial charge in [-0.05, 0) is 47.1 Å². The monoisotopic (exact) mass is 292 g/mol. The molecule has 0 spiro atoms. The van der Waals surface area contributed by atoms with Crippen molar-refractivity contribution in [3.8, 4) is 0 Å². The lowest BCUT2D eigenvalue weighted by molar-refractivity contribution is -0.131. The lowest BCUT2D eigenvalue weighted by atomic mass is 10.0. The summed E-state index contributed by atoms with van der Waals surface area (Å²) in [5, 5.41) is 7.84. The average Bonchev–Trinajstić information content (AvgIpc) is 2.83. The molecule has 0 radical (unpaired) electrons. The smallest absolute Gasteiger partial charge is 0.241 e. The van der Waals surface area contributed by atoms with Crippen LogP contribution in [0.2, 0.25) is 0 Å². The van der Waals surface area contributed by atoms with E-state index < -0.39 is 0 Å². The Morgan fingerprint density at radius 2 is 2.30 bits per heavy atom. The second-order valence-electron chi connectivity index (χ2n) is 6.52. The Balaban J connectivity index is 1.81. The molecule has 0 aromatic carbocycles. The van der Waals surface area contributed by atoms with Gasteiger partial charge in [-0.2, -0.15) is 11.3 Å². The molecule has 1 aromatic rings. The number of thiophene rings is 1. The fourth-order valence-electron chi connectivity index (χ4n) is 3.34. The lowest BCUT2D eigenvalue weighted by Gasteiger charge is -2.24. The molecule has 4 atom stereocenters. The molecule has 1 aromatic heterocycles. The van der Waals surface area contributed by atoms with E-state index in [1.807, 2.05) is 0 Å². The standard InChI is InChI=1S/C16H24N2OS/c1-4-11-8-14(11)18-15(12-5-6-20-9-12)17-13(16(18)19)7-10(2)3/h5-6,9-11,13-15,17H,4,7-8H2,1-3H3. The SMILES string of the molecule is CCC1CC1N1C(=O)C(CC(C)C)NC1c1ccsc1. The molecule has 110 valence electrons. The third kappa shape index (κ3) is 2.51. The first-order chi connectivity index (χ1) is 9.61. The third-order valence-corrected chi connectivity index (χ3v) is 5.22. The van der Waals surface area contributed by atoms with Crippen LogP contribution in [0.25, 0.3) is 0 Å². The largest absolute Gasteiger partial charge is 0.318 e. The van der Waals surface area contributed by atoms with Crippen LogP contribution >= 0.6 is 11.3 Å². The van der Waals surface area contributed by atoms with Gasteiger partial charge in [-0.25, -0.2) is 0 Å². The summed E-state index contributed by atoms with van der Waals surface area (Å²) in [7, 11) is 0. The van der Waals surface area contributed by atoms with E-state index in [0.717, 1.165) is 6.42 Å². The van der Waals surface area contributed by atoms with Gasteiger partial charge < -0.3 is 4.90 Å². The van der Waals surface area contributed by atoms with Crippen molar-refractivity contribution in [3.05, 3.63) is 22.4 Å². The van der Waals surface area contributed by atoms with E-state index in [1.54, 1.807) is 11.3 Å². The Kier molecular flexibility index (Phi) is 3.87. The van der Waals surface area contributed by atoms with Gasteiger partial charge in [-0.15, -0.1) is 0 Å². The van der Waals surface area contributed by atoms with Crippen molar-refractivity contribution in [3.63, 3.8) is 0 Å². The van der Waals surface area contributed by atoms with E-state index in [2.05, 4.69) is 47.8 Å². The quantitative estimate of drug-likeness (QED) is 0.902. The second-order valence-corrected chi connectivity index (χ2v) is 7.30. The van der Waals surface area contributed by atoms with Crippen LogP contribution in [0.1, 0.15) is 51.8 Å². The first-order valence-corrected chi connectivity index (χ1v) is 8.66. The van der Waals surface area contributed by atoms with Crippen LogP contribution in [0, 0.1) is 11.8 Å². The van der Waals surface area contributed by atoms with Crippen molar-refractivity contribution in [2.24, 2.45) is 11.8 Å². The number of carbonyl (C=O) groups is 1. The lowest BCUT2D eigenvalue weighted by Crippen LogP contribution is -2.34. The van der Waals surface area contributed by atoms with E-state index in [9.17, 15) is 4.79 Å². The van der Waals surface area contributed by atoms with E-state index in [4.69, 9.17) is 0 Å². The molecule has 1 N–H and O–H groups in total. The van der Waals surface area contributed by atoms with Gasteiger partial charge in [0.25, 0.3) is 0 Å². The number of hydrogen-bond acceptors (Lipinski definition) is 3. The Labute approximate surface area is 125 Å². The van der Waals surface area contributed by atoms with Crippen molar-refractivity contribution in [1.29, 1.82) is 0 Å². The maximum atomic E-state index is 12.8. The molecule has 0 bridgehead atoms. The molecule has 1 amide bonds. The van der Waals surface area contributed by atoms with Gasteiger partial charge in [0.1, 0.15) is 6.17 Å². The number of amides is 1. The van der Waals surface area contributed by atoms with Crippen molar-refractivity contribution in [1.82, 2.24) is 10.2 Å². The number of hydrogen-bond donors (Lipinski definition) is 1. The summed E-state index contributed by atoms with van der Waals surface area (Å²) in [4.78, 5) is 14.9. The third-order valence-electron chi connectivity index (χ3n) is 4.52. The molecule has 1 saturated carbocycles. The first-order valence-electron chi connectivity index (χ1n) is 7.72. The Bertz CT molecular complexity index is 471. The van der Waals surface area contributed by atoms with Crippen LogP contribution in [0.4, 0.5) is 0 Å². The van der Waals surface area contributed by atoms with Gasteiger partial charge >= 0.3 is 0 Å². The maximum absolute atomic E-state index is 12.8. The fourth-order valence-corrected chi connectivity index (χ4v) is 4.02. The molecule has 3 nitrogen and oxygen atoms in total. The second kappa shape index (κ2) is 5.49. The molecular formula is C16H24N2OS. The summed E-state index contributed by atoms with van der Waals surface area (Å²) < 4.78 is 0. The molecule has 2 fully saturated rings. The zero-order valence-electron chi connectivity index (χ0n) is 12.5. The Morgan fingerprint density at radius 3 is 2.85 bits per heavy atom. The first kappa shape index (κ1) is 14.1. The van der Waals surface area contributed by atoms with Gasteiger partial charge in [0, 0.05) is 6.04 Å². The van der Waals surface area contributed by atoms with Crippen LogP contribution in [-0.2, 0) is 4.79 Å². The summed E-state index contributed by atoms with van der Waals surface area (Å²) in [5.41, 5.74) is 1.25. The highest BCUT2D eigenvalue weighted by atomic mass is 32.1. The summed E-state index contributed by atoms with van der Waals surface area (Å²) in [6, 6.07) is 2.60. The summed E-state index contributed by atoms with van der Waals surface area (Å²) in [6.07, 6.45) is 3.39. The molecule has 4 unspecified atom stereocenters. The van der Waals surface area contributed by atoms with E-state index in [1.165, 1.54) is 18.4 Å². The predicted molar refractivity (Wildman–Crippen MR) is 82.5 cm³/mol. The number of rotatable bonds is 5. The van der Waals surface area contributed by atoms with Gasteiger partial charge in [0.05, 0.1) is 6.04 Å². The molecule has 20 heavy (non-hydrogen) atoms. The Hall–Kier alpha value is -0.870. The number of carbonyl (C=O) groups excluding carboxylic acids is 1. The zero-order valence-corrected chi connectivity index (χ0v) is 13.3. The summed E-state index contributed by atoms with van der Waals surface area (Å²) in [5.74, 6) is 1.57. The van der Waals surface area contributed by atoms with Crippen LogP contribution in [-0.4, -0.2) is 22.9 Å². The zero-order chi connectivity index (χ0) is 14.3. The topological polar surface area (TPSA) is 32.3 Å². The maximum Gasteiger partial charge on any atom is 0.241 e. The minimum absolute atomic E-state index is 0.00185. The van der Waals surface area contributed by atoms with Crippen LogP contribution in [0.3, 0.4) is 0 Å². The van der Waals surface area contributed by atoms with Crippen LogP contribution in [0.15, 0.2) is 16.8 Å². The molecule has 1 aliphatic carbocycles. The fraction of sp³-hybridized carbons (Fsp3) is 0.688. The predicted octanol–water partition coefficient (Wildman–Crippen LogP) is 3.39. The van der Waals surface area contributed by atoms with Crippen molar-refractivity contribution in [2.45, 2.75) is 58.3 Å². The minimum atomic E-state index is -0.00185. The number of nitrogens with zero attached hydrogens (tertiary/aromatic N) is 1. The van der Waals surface area contributed by atoms with Crippen molar-refractivity contribution >= 4 is 17.2 Å². The average molecular weight is 292 g/mol. The molecule has 1 saturated heterocycles. The molecule has 3 rings (SSSR count). The molecule has 1 aliphatic heterocycles. The van der Waals surface area contributed by atoms with Gasteiger partial charge in [0.2, 0.25) is 5.91 Å². The normalized spacial score (nSPS) is 33.2. The van der Waals surface area contributed by atoms with E-state index in [0.29, 0.717) is 23.8 Å². The number of nitrogens with one attached hydrogen (secondary N) is 1. The van der Waals surface area contributed by atoms with Gasteiger partial charge in [-0.3, -0.25) is 10.1 Å². The van der Waals surface area contributed by atoms with Crippen LogP contribution in [0.5, 0.6) is 0 Å². The minimum Gasteiger partial charge on any atom is -0.318 e. The molecule has 2 heterocycles. The highest BCUT2D eigenvalue weighted by Crippen LogP contribution is 2.44. The van der Waals surface area contributed by atoms with Crippen LogP contribution < -0.4 is 5.32 Å². The summed E-state index contributed by atoms with van der Waals surface area (Å²) in [6.45, 7) is 6.59. The Morgan fingerprint density at radius 1 is 1.50 bits per heavy atom. The van der Waals surface area contributed by atoms with E-state index in [-0.39, 0.29) is 12.2 Å². The van der Waals surface area contributed by atoms with Gasteiger partial charge in [-0.1, -0.05) is 27.2 Å². The highest BCUT2D eigenvalue weighted by molar-refractivity contribution is 7.07. The molecule has 2 aliphatic rings. The van der Waals surface area contributed by atoms with Gasteiger partial charge in [0.15, 0.2) is 0 Å². The highest BCUT2D eigenvalue weighted by Gasteiger charge is 2.51. The molecule has 4 heteroatoms. The summed E-state index contributed by atoms with van der Waals surface area (Å²) >= 11 is 1.71. The van der Waals surface area contributed by atoms with E-state index >= 15 is 0 Å². The van der Waals surface area contributed by atoms with Crippen molar-refractivity contribution < 1.29 is 4.79 Å². The van der Waals surface area contributed by atoms with Crippen molar-refractivity contribution in [2.75, 3.05) is 0 Å².